The second kappa shape index (κ2) is 7.75. The third-order valence-electron chi connectivity index (χ3n) is 5.72. The van der Waals surface area contributed by atoms with E-state index in [1.807, 2.05) is 23.9 Å². The Kier molecular flexibility index (Phi) is 5.22. The van der Waals surface area contributed by atoms with Crippen LogP contribution in [0, 0.1) is 0 Å². The van der Waals surface area contributed by atoms with Gasteiger partial charge < -0.3 is 9.64 Å². The lowest BCUT2D eigenvalue weighted by molar-refractivity contribution is 0.178. The van der Waals surface area contributed by atoms with Gasteiger partial charge in [0.2, 0.25) is 5.88 Å². The van der Waals surface area contributed by atoms with Crippen LogP contribution in [-0.4, -0.2) is 65.0 Å². The van der Waals surface area contributed by atoms with Crippen LogP contribution >= 0.6 is 0 Å². The molecular formula is C20H30N4O. The van der Waals surface area contributed by atoms with Gasteiger partial charge in [-0.25, -0.2) is 0 Å². The number of fused-ring (bicyclic) bond motifs is 1. The topological polar surface area (TPSA) is 33.5 Å². The first kappa shape index (κ1) is 16.9. The molecule has 1 atom stereocenters. The van der Waals surface area contributed by atoms with Crippen molar-refractivity contribution in [3.63, 3.8) is 0 Å². The van der Waals surface area contributed by atoms with Gasteiger partial charge in [0.25, 0.3) is 0 Å². The van der Waals surface area contributed by atoms with E-state index in [1.54, 1.807) is 0 Å². The Labute approximate surface area is 150 Å². The number of nitrogens with zero attached hydrogens (tertiary/aromatic N) is 4. The average molecular weight is 342 g/mol. The maximum Gasteiger partial charge on any atom is 0.240 e. The van der Waals surface area contributed by atoms with Gasteiger partial charge >= 0.3 is 0 Å². The van der Waals surface area contributed by atoms with Crippen molar-refractivity contribution in [1.82, 2.24) is 19.6 Å². The molecule has 2 aromatic rings. The fraction of sp³-hybridized carbons (Fsp3) is 0.650. The highest BCUT2D eigenvalue weighted by Crippen LogP contribution is 2.24. The van der Waals surface area contributed by atoms with Crippen LogP contribution in [-0.2, 0) is 7.05 Å². The van der Waals surface area contributed by atoms with Gasteiger partial charge in [-0.3, -0.25) is 9.58 Å². The highest BCUT2D eigenvalue weighted by Gasteiger charge is 2.26. The summed E-state index contributed by atoms with van der Waals surface area (Å²) >= 11 is 0. The number of ether oxygens (including phenoxy) is 1. The summed E-state index contributed by atoms with van der Waals surface area (Å²) in [6.07, 6.45) is 6.56. The van der Waals surface area contributed by atoms with Crippen molar-refractivity contribution in [3.8, 4) is 5.88 Å². The average Bonchev–Trinajstić information content (AvgIpc) is 3.35. The number of aromatic nitrogens is 2. The largest absolute Gasteiger partial charge is 0.476 e. The highest BCUT2D eigenvalue weighted by atomic mass is 16.5. The normalized spacial score (nSPS) is 22.2. The zero-order valence-corrected chi connectivity index (χ0v) is 15.4. The van der Waals surface area contributed by atoms with Gasteiger partial charge in [-0.15, -0.1) is 5.10 Å². The number of para-hydroxylation sites is 1. The molecule has 1 aromatic carbocycles. The standard InChI is InChI=1S/C20H30N4O/c1-22-19-10-3-2-9-18(19)20(21-22)25-15-7-14-24-13-6-8-17(24)16-23-11-4-5-12-23/h2-3,9-10,17H,4-8,11-16H2,1H3/t17-/m0/s1. The fourth-order valence-corrected chi connectivity index (χ4v) is 4.38. The van der Waals surface area contributed by atoms with Crippen LogP contribution in [0.25, 0.3) is 10.9 Å². The van der Waals surface area contributed by atoms with Crippen molar-refractivity contribution in [2.24, 2.45) is 7.05 Å². The molecule has 3 heterocycles. The summed E-state index contributed by atoms with van der Waals surface area (Å²) in [5, 5.41) is 5.63. The van der Waals surface area contributed by atoms with Crippen LogP contribution < -0.4 is 4.74 Å². The fourth-order valence-electron chi connectivity index (χ4n) is 4.38. The van der Waals surface area contributed by atoms with Crippen molar-refractivity contribution in [2.75, 3.05) is 39.3 Å². The molecule has 0 aliphatic carbocycles. The summed E-state index contributed by atoms with van der Waals surface area (Å²) in [6, 6.07) is 9.02. The molecule has 0 N–H and O–H groups in total. The first-order valence-corrected chi connectivity index (χ1v) is 9.82. The van der Waals surface area contributed by atoms with Crippen molar-refractivity contribution in [3.05, 3.63) is 24.3 Å². The Hall–Kier alpha value is -1.59. The van der Waals surface area contributed by atoms with Crippen molar-refractivity contribution in [1.29, 1.82) is 0 Å². The highest BCUT2D eigenvalue weighted by molar-refractivity contribution is 5.84. The lowest BCUT2D eigenvalue weighted by Crippen LogP contribution is -2.40. The minimum Gasteiger partial charge on any atom is -0.476 e. The lowest BCUT2D eigenvalue weighted by Gasteiger charge is -2.28. The maximum atomic E-state index is 6.00. The quantitative estimate of drug-likeness (QED) is 0.725. The number of rotatable bonds is 7. The minimum atomic E-state index is 0.744. The van der Waals surface area contributed by atoms with Gasteiger partial charge in [0.1, 0.15) is 0 Å². The molecule has 5 nitrogen and oxygen atoms in total. The van der Waals surface area contributed by atoms with Crippen LogP contribution in [0.1, 0.15) is 32.1 Å². The molecular weight excluding hydrogens is 312 g/mol. The molecule has 1 aromatic heterocycles. The molecule has 0 unspecified atom stereocenters. The second-order valence-corrected chi connectivity index (χ2v) is 7.49. The zero-order chi connectivity index (χ0) is 17.1. The molecule has 0 bridgehead atoms. The molecule has 2 saturated heterocycles. The zero-order valence-electron chi connectivity index (χ0n) is 15.4. The summed E-state index contributed by atoms with van der Waals surface area (Å²) in [6.45, 7) is 7.02. The second-order valence-electron chi connectivity index (χ2n) is 7.49. The molecule has 0 spiro atoms. The summed E-state index contributed by atoms with van der Waals surface area (Å²) in [4.78, 5) is 5.33. The minimum absolute atomic E-state index is 0.744. The number of benzene rings is 1. The first-order valence-electron chi connectivity index (χ1n) is 9.82. The van der Waals surface area contributed by atoms with Gasteiger partial charge in [0.05, 0.1) is 17.5 Å². The Bertz CT molecular complexity index is 692. The van der Waals surface area contributed by atoms with Crippen molar-refractivity contribution in [2.45, 2.75) is 38.1 Å². The van der Waals surface area contributed by atoms with Crippen molar-refractivity contribution < 1.29 is 4.74 Å². The number of likely N-dealkylation sites (tertiary alicyclic amines) is 2. The Morgan fingerprint density at radius 2 is 1.96 bits per heavy atom. The summed E-state index contributed by atoms with van der Waals surface area (Å²) in [7, 11) is 1.97. The van der Waals surface area contributed by atoms with Crippen LogP contribution in [0.5, 0.6) is 5.88 Å². The van der Waals surface area contributed by atoms with E-state index in [1.165, 1.54) is 51.9 Å². The molecule has 0 amide bonds. The van der Waals surface area contributed by atoms with Gasteiger partial charge in [0.15, 0.2) is 0 Å². The monoisotopic (exact) mass is 342 g/mol. The van der Waals surface area contributed by atoms with Crippen LogP contribution in [0.3, 0.4) is 0 Å². The van der Waals surface area contributed by atoms with E-state index < -0.39 is 0 Å². The molecule has 25 heavy (non-hydrogen) atoms. The van der Waals surface area contributed by atoms with E-state index in [-0.39, 0.29) is 0 Å². The van der Waals surface area contributed by atoms with E-state index in [0.29, 0.717) is 0 Å². The molecule has 0 radical (unpaired) electrons. The summed E-state index contributed by atoms with van der Waals surface area (Å²) in [5.74, 6) is 0.771. The Balaban J connectivity index is 1.25. The van der Waals surface area contributed by atoms with Gasteiger partial charge in [-0.05, 0) is 63.9 Å². The predicted octanol–water partition coefficient (Wildman–Crippen LogP) is 2.90. The first-order chi connectivity index (χ1) is 12.3. The lowest BCUT2D eigenvalue weighted by atomic mass is 10.2. The van der Waals surface area contributed by atoms with Gasteiger partial charge in [0, 0.05) is 26.2 Å². The summed E-state index contributed by atoms with van der Waals surface area (Å²) < 4.78 is 7.90. The SMILES string of the molecule is Cn1nc(OCCCN2CCC[C@H]2CN2CCCC2)c2ccccc21. The van der Waals surface area contributed by atoms with E-state index >= 15 is 0 Å². The van der Waals surface area contributed by atoms with E-state index in [9.17, 15) is 0 Å². The molecule has 2 fully saturated rings. The van der Waals surface area contributed by atoms with Crippen LogP contribution in [0.4, 0.5) is 0 Å². The van der Waals surface area contributed by atoms with Gasteiger partial charge in [-0.2, -0.15) is 0 Å². The third kappa shape index (κ3) is 3.82. The van der Waals surface area contributed by atoms with Crippen molar-refractivity contribution >= 4 is 10.9 Å². The van der Waals surface area contributed by atoms with E-state index in [0.717, 1.165) is 42.4 Å². The molecule has 5 heteroatoms. The van der Waals surface area contributed by atoms with Gasteiger partial charge in [-0.1, -0.05) is 12.1 Å². The molecule has 136 valence electrons. The Morgan fingerprint density at radius 1 is 1.12 bits per heavy atom. The smallest absolute Gasteiger partial charge is 0.240 e. The van der Waals surface area contributed by atoms with E-state index in [4.69, 9.17) is 4.74 Å². The third-order valence-corrected chi connectivity index (χ3v) is 5.72. The van der Waals surface area contributed by atoms with E-state index in [2.05, 4.69) is 27.0 Å². The number of hydrogen-bond donors (Lipinski definition) is 0. The molecule has 2 aliphatic heterocycles. The molecule has 2 aliphatic rings. The molecule has 0 saturated carbocycles. The summed E-state index contributed by atoms with van der Waals surface area (Å²) in [5.41, 5.74) is 1.13. The predicted molar refractivity (Wildman–Crippen MR) is 101 cm³/mol. The maximum absolute atomic E-state index is 6.00. The number of aryl methyl sites for hydroxylation is 1. The Morgan fingerprint density at radius 3 is 2.84 bits per heavy atom. The number of hydrogen-bond acceptors (Lipinski definition) is 4. The van der Waals surface area contributed by atoms with Crippen LogP contribution in [0.2, 0.25) is 0 Å². The molecule has 4 rings (SSSR count). The van der Waals surface area contributed by atoms with Crippen LogP contribution in [0.15, 0.2) is 24.3 Å².